The van der Waals surface area contributed by atoms with Crippen molar-refractivity contribution in [2.24, 2.45) is 5.92 Å². The molecule has 2 amide bonds. The summed E-state index contributed by atoms with van der Waals surface area (Å²) in [6, 6.07) is 5.90. The van der Waals surface area contributed by atoms with Crippen molar-refractivity contribution in [3.63, 3.8) is 0 Å². The normalized spacial score (nSPS) is 18.2. The van der Waals surface area contributed by atoms with Gasteiger partial charge in [0.15, 0.2) is 0 Å². The Balaban J connectivity index is 2.17. The van der Waals surface area contributed by atoms with E-state index in [1.165, 1.54) is 0 Å². The average molecular weight is 272 g/mol. The molecule has 1 aliphatic rings. The zero-order valence-electron chi connectivity index (χ0n) is 12.0. The van der Waals surface area contributed by atoms with Crippen LogP contribution in [0, 0.1) is 19.8 Å². The Morgan fingerprint density at radius 1 is 1.50 bits per heavy atom. The third kappa shape index (κ3) is 2.59. The maximum atomic E-state index is 12.4. The van der Waals surface area contributed by atoms with Gasteiger partial charge in [0.25, 0.3) is 0 Å². The lowest BCUT2D eigenvalue weighted by Crippen LogP contribution is -2.37. The van der Waals surface area contributed by atoms with Gasteiger partial charge < -0.3 is 10.2 Å². The molecule has 0 aliphatic carbocycles. The number of carbonyl (C=O) groups is 2. The van der Waals surface area contributed by atoms with Crippen molar-refractivity contribution >= 4 is 17.5 Å². The van der Waals surface area contributed by atoms with Crippen LogP contribution in [0.2, 0.25) is 0 Å². The number of hydrogen-bond donors (Lipinski definition) is 1. The third-order valence-corrected chi connectivity index (χ3v) is 3.81. The highest BCUT2D eigenvalue weighted by Crippen LogP contribution is 2.29. The third-order valence-electron chi connectivity index (χ3n) is 3.81. The number of amides is 2. The van der Waals surface area contributed by atoms with E-state index in [0.29, 0.717) is 19.5 Å². The Kier molecular flexibility index (Phi) is 4.23. The molecule has 1 atom stereocenters. The van der Waals surface area contributed by atoms with Gasteiger partial charge in [0.1, 0.15) is 5.92 Å². The molecule has 0 saturated carbocycles. The summed E-state index contributed by atoms with van der Waals surface area (Å²) >= 11 is 0. The number of aryl methyl sites for hydroxylation is 1. The largest absolute Gasteiger partial charge is 0.352 e. The second kappa shape index (κ2) is 5.90. The minimum absolute atomic E-state index is 0.111. The summed E-state index contributed by atoms with van der Waals surface area (Å²) in [6.07, 6.45) is 2.18. The van der Waals surface area contributed by atoms with E-state index < -0.39 is 5.92 Å². The van der Waals surface area contributed by atoms with E-state index in [4.69, 9.17) is 0 Å². The molecule has 1 aromatic carbocycles. The van der Waals surface area contributed by atoms with Gasteiger partial charge in [-0.15, -0.1) is 6.58 Å². The number of benzene rings is 1. The maximum Gasteiger partial charge on any atom is 0.239 e. The van der Waals surface area contributed by atoms with Crippen LogP contribution in [0.3, 0.4) is 0 Å². The summed E-state index contributed by atoms with van der Waals surface area (Å²) in [4.78, 5) is 26.1. The summed E-state index contributed by atoms with van der Waals surface area (Å²) in [6.45, 7) is 8.56. The maximum absolute atomic E-state index is 12.4. The van der Waals surface area contributed by atoms with Gasteiger partial charge in [0.2, 0.25) is 11.8 Å². The lowest BCUT2D eigenvalue weighted by molar-refractivity contribution is -0.131. The Morgan fingerprint density at radius 3 is 2.95 bits per heavy atom. The molecule has 1 unspecified atom stereocenters. The van der Waals surface area contributed by atoms with E-state index in [1.54, 1.807) is 11.0 Å². The van der Waals surface area contributed by atoms with Gasteiger partial charge >= 0.3 is 0 Å². The van der Waals surface area contributed by atoms with E-state index in [1.807, 2.05) is 32.0 Å². The first kappa shape index (κ1) is 14.3. The van der Waals surface area contributed by atoms with Crippen molar-refractivity contribution in [2.45, 2.75) is 20.3 Å². The molecule has 1 heterocycles. The van der Waals surface area contributed by atoms with Crippen molar-refractivity contribution in [3.8, 4) is 0 Å². The number of nitrogens with zero attached hydrogens (tertiary/aromatic N) is 1. The van der Waals surface area contributed by atoms with Crippen LogP contribution in [0.5, 0.6) is 0 Å². The summed E-state index contributed by atoms with van der Waals surface area (Å²) in [5.74, 6) is -0.891. The van der Waals surface area contributed by atoms with Gasteiger partial charge in [-0.1, -0.05) is 18.2 Å². The minimum atomic E-state index is -0.574. The molecule has 0 radical (unpaired) electrons. The van der Waals surface area contributed by atoms with Gasteiger partial charge in [-0.2, -0.15) is 0 Å². The first-order valence-corrected chi connectivity index (χ1v) is 6.82. The van der Waals surface area contributed by atoms with Gasteiger partial charge in [-0.05, 0) is 37.5 Å². The molecule has 1 N–H and O–H groups in total. The molecule has 4 nitrogen and oxygen atoms in total. The van der Waals surface area contributed by atoms with Crippen LogP contribution < -0.4 is 10.2 Å². The standard InChI is InChI=1S/C16H20N2O2/c1-4-9-17-15(19)13-8-10-18(16(13)20)14-7-5-6-11(2)12(14)3/h4-7,13H,1,8-10H2,2-3H3,(H,17,19). The number of carbonyl (C=O) groups excluding carboxylic acids is 2. The van der Waals surface area contributed by atoms with E-state index in [0.717, 1.165) is 16.8 Å². The summed E-state index contributed by atoms with van der Waals surface area (Å²) in [5, 5.41) is 2.70. The molecule has 1 saturated heterocycles. The number of rotatable bonds is 4. The summed E-state index contributed by atoms with van der Waals surface area (Å²) in [7, 11) is 0. The van der Waals surface area contributed by atoms with Crippen molar-refractivity contribution in [3.05, 3.63) is 42.0 Å². The molecule has 20 heavy (non-hydrogen) atoms. The van der Waals surface area contributed by atoms with Crippen molar-refractivity contribution < 1.29 is 9.59 Å². The Bertz CT molecular complexity index is 551. The SMILES string of the molecule is C=CCNC(=O)C1CCN(c2cccc(C)c2C)C1=O. The average Bonchev–Trinajstić information content (AvgIpc) is 2.81. The summed E-state index contributed by atoms with van der Waals surface area (Å²) in [5.41, 5.74) is 3.15. The molecule has 1 fully saturated rings. The molecular formula is C16H20N2O2. The molecule has 1 aliphatic heterocycles. The fourth-order valence-corrected chi connectivity index (χ4v) is 2.49. The second-order valence-corrected chi connectivity index (χ2v) is 5.08. The lowest BCUT2D eigenvalue weighted by Gasteiger charge is -2.20. The predicted molar refractivity (Wildman–Crippen MR) is 79.6 cm³/mol. The quantitative estimate of drug-likeness (QED) is 0.673. The fraction of sp³-hybridized carbons (Fsp3) is 0.375. The van der Waals surface area contributed by atoms with E-state index in [2.05, 4.69) is 11.9 Å². The molecule has 0 aromatic heterocycles. The van der Waals surface area contributed by atoms with Crippen LogP contribution in [0.4, 0.5) is 5.69 Å². The van der Waals surface area contributed by atoms with E-state index in [9.17, 15) is 9.59 Å². The van der Waals surface area contributed by atoms with E-state index >= 15 is 0 Å². The summed E-state index contributed by atoms with van der Waals surface area (Å²) < 4.78 is 0. The molecule has 0 spiro atoms. The fourth-order valence-electron chi connectivity index (χ4n) is 2.49. The zero-order valence-corrected chi connectivity index (χ0v) is 12.0. The van der Waals surface area contributed by atoms with Crippen LogP contribution in [0.25, 0.3) is 0 Å². The lowest BCUT2D eigenvalue weighted by atomic mass is 10.1. The van der Waals surface area contributed by atoms with Gasteiger partial charge in [0.05, 0.1) is 0 Å². The second-order valence-electron chi connectivity index (χ2n) is 5.08. The Labute approximate surface area is 119 Å². The molecular weight excluding hydrogens is 252 g/mol. The van der Waals surface area contributed by atoms with Gasteiger partial charge in [0, 0.05) is 18.8 Å². The predicted octanol–water partition coefficient (Wildman–Crippen LogP) is 1.96. The van der Waals surface area contributed by atoms with Crippen molar-refractivity contribution in [2.75, 3.05) is 18.0 Å². The van der Waals surface area contributed by atoms with Gasteiger partial charge in [-0.25, -0.2) is 0 Å². The minimum Gasteiger partial charge on any atom is -0.352 e. The highest BCUT2D eigenvalue weighted by atomic mass is 16.2. The molecule has 4 heteroatoms. The van der Waals surface area contributed by atoms with Crippen LogP contribution >= 0.6 is 0 Å². The first-order valence-electron chi connectivity index (χ1n) is 6.82. The van der Waals surface area contributed by atoms with E-state index in [-0.39, 0.29) is 11.8 Å². The smallest absolute Gasteiger partial charge is 0.239 e. The zero-order chi connectivity index (χ0) is 14.7. The van der Waals surface area contributed by atoms with Crippen molar-refractivity contribution in [1.82, 2.24) is 5.32 Å². The number of nitrogens with one attached hydrogen (secondary N) is 1. The van der Waals surface area contributed by atoms with Crippen LogP contribution in [0.1, 0.15) is 17.5 Å². The highest BCUT2D eigenvalue weighted by Gasteiger charge is 2.37. The topological polar surface area (TPSA) is 49.4 Å². The Morgan fingerprint density at radius 2 is 2.25 bits per heavy atom. The first-order chi connectivity index (χ1) is 9.56. The number of anilines is 1. The molecule has 106 valence electrons. The molecule has 1 aromatic rings. The van der Waals surface area contributed by atoms with Crippen LogP contribution in [0.15, 0.2) is 30.9 Å². The van der Waals surface area contributed by atoms with Crippen LogP contribution in [-0.2, 0) is 9.59 Å². The monoisotopic (exact) mass is 272 g/mol. The van der Waals surface area contributed by atoms with Crippen molar-refractivity contribution in [1.29, 1.82) is 0 Å². The van der Waals surface area contributed by atoms with Gasteiger partial charge in [-0.3, -0.25) is 9.59 Å². The highest BCUT2D eigenvalue weighted by molar-refractivity contribution is 6.10. The Hall–Kier alpha value is -2.10. The number of hydrogen-bond acceptors (Lipinski definition) is 2. The van der Waals surface area contributed by atoms with Crippen LogP contribution in [-0.4, -0.2) is 24.9 Å². The molecule has 0 bridgehead atoms. The molecule has 2 rings (SSSR count).